The van der Waals surface area contributed by atoms with E-state index in [0.29, 0.717) is 22.7 Å². The van der Waals surface area contributed by atoms with Gasteiger partial charge in [-0.1, -0.05) is 24.3 Å². The fourth-order valence-corrected chi connectivity index (χ4v) is 5.26. The Balaban J connectivity index is 1.62. The van der Waals surface area contributed by atoms with Crippen LogP contribution in [-0.2, 0) is 0 Å². The number of methoxy groups -OCH3 is 1. The van der Waals surface area contributed by atoms with Gasteiger partial charge in [-0.2, -0.15) is 0 Å². The maximum atomic E-state index is 13.1. The highest BCUT2D eigenvalue weighted by molar-refractivity contribution is 6.29. The lowest BCUT2D eigenvalue weighted by Gasteiger charge is -2.08. The van der Waals surface area contributed by atoms with Gasteiger partial charge in [0.2, 0.25) is 0 Å². The third kappa shape index (κ3) is 2.71. The Morgan fingerprint density at radius 1 is 0.886 bits per heavy atom. The minimum absolute atomic E-state index is 0.213. The van der Waals surface area contributed by atoms with Crippen molar-refractivity contribution in [1.29, 1.82) is 0 Å². The molecule has 0 aliphatic carbocycles. The van der Waals surface area contributed by atoms with E-state index in [1.807, 2.05) is 31.2 Å². The van der Waals surface area contributed by atoms with Gasteiger partial charge >= 0.3 is 0 Å². The summed E-state index contributed by atoms with van der Waals surface area (Å²) in [6.07, 6.45) is 1.78. The van der Waals surface area contributed by atoms with Gasteiger partial charge in [0.25, 0.3) is 5.56 Å². The average Bonchev–Trinajstić information content (AvgIpc) is 3.47. The molecular weight excluding hydrogens is 438 g/mol. The first kappa shape index (κ1) is 19.9. The van der Waals surface area contributed by atoms with E-state index in [9.17, 15) is 4.79 Å². The molecule has 0 aliphatic heterocycles. The SMILES string of the molecule is COc1ccc2cc(-c3nc4c([nH]3)c3c(C)coc3c3ccc5c(C)cccc5c34)c(=O)[nH]c2c1. The van der Waals surface area contributed by atoms with Gasteiger partial charge in [-0.25, -0.2) is 4.98 Å². The molecule has 0 radical (unpaired) electrons. The number of nitrogens with one attached hydrogen (secondary N) is 2. The molecule has 0 saturated carbocycles. The van der Waals surface area contributed by atoms with E-state index in [1.165, 1.54) is 10.9 Å². The Bertz CT molecular complexity index is 2040. The Kier molecular flexibility index (Phi) is 3.95. The van der Waals surface area contributed by atoms with Gasteiger partial charge in [-0.15, -0.1) is 0 Å². The topological polar surface area (TPSA) is 83.9 Å². The fraction of sp³-hybridized carbons (Fsp3) is 0.103. The number of hydrogen-bond acceptors (Lipinski definition) is 4. The van der Waals surface area contributed by atoms with Crippen LogP contribution in [0.15, 0.2) is 70.1 Å². The number of ether oxygens (including phenoxy) is 1. The van der Waals surface area contributed by atoms with Crippen molar-refractivity contribution >= 4 is 54.5 Å². The van der Waals surface area contributed by atoms with Crippen LogP contribution in [0.1, 0.15) is 11.1 Å². The van der Waals surface area contributed by atoms with E-state index >= 15 is 0 Å². The number of pyridine rings is 1. The van der Waals surface area contributed by atoms with Crippen molar-refractivity contribution < 1.29 is 9.15 Å². The molecule has 4 aromatic carbocycles. The summed E-state index contributed by atoms with van der Waals surface area (Å²) in [5, 5.41) is 6.20. The number of rotatable bonds is 2. The summed E-state index contributed by atoms with van der Waals surface area (Å²) in [4.78, 5) is 24.6. The predicted molar refractivity (Wildman–Crippen MR) is 140 cm³/mol. The molecule has 35 heavy (non-hydrogen) atoms. The molecule has 2 N–H and O–H groups in total. The molecule has 6 heteroatoms. The second kappa shape index (κ2) is 6.96. The number of aromatic amines is 2. The highest BCUT2D eigenvalue weighted by Crippen LogP contribution is 2.41. The minimum Gasteiger partial charge on any atom is -0.497 e. The molecular formula is C29H21N3O3. The molecule has 0 aliphatic rings. The predicted octanol–water partition coefficient (Wildman–Crippen LogP) is 6.75. The molecule has 6 nitrogen and oxygen atoms in total. The number of benzene rings is 4. The van der Waals surface area contributed by atoms with Crippen LogP contribution in [0.2, 0.25) is 0 Å². The number of furan rings is 1. The first-order chi connectivity index (χ1) is 17.0. The van der Waals surface area contributed by atoms with Crippen LogP contribution in [-0.4, -0.2) is 22.1 Å². The largest absolute Gasteiger partial charge is 0.497 e. The molecule has 0 spiro atoms. The zero-order valence-electron chi connectivity index (χ0n) is 19.4. The van der Waals surface area contributed by atoms with Crippen LogP contribution in [0.25, 0.3) is 65.8 Å². The van der Waals surface area contributed by atoms with Crippen molar-refractivity contribution in [2.45, 2.75) is 13.8 Å². The van der Waals surface area contributed by atoms with Crippen molar-refractivity contribution in [3.05, 3.63) is 82.3 Å². The highest BCUT2D eigenvalue weighted by Gasteiger charge is 2.20. The zero-order chi connectivity index (χ0) is 23.8. The van der Waals surface area contributed by atoms with Gasteiger partial charge in [0.15, 0.2) is 0 Å². The summed E-state index contributed by atoms with van der Waals surface area (Å²) in [6.45, 7) is 4.14. The standard InChI is InChI=1S/C29H21N3O3/c1-14-5-4-6-19-18(14)9-10-20-24(19)26-25(23-15(2)13-35-27(20)23)31-28(32-26)21-11-16-7-8-17(34-3)12-22(16)30-29(21)33/h4-13H,1-3H3,(H,30,33)(H,31,32). The molecule has 7 rings (SSSR count). The average molecular weight is 460 g/mol. The van der Waals surface area contributed by atoms with Crippen LogP contribution >= 0.6 is 0 Å². The Morgan fingerprint density at radius 3 is 2.60 bits per heavy atom. The van der Waals surface area contributed by atoms with Gasteiger partial charge in [-0.05, 0) is 65.4 Å². The van der Waals surface area contributed by atoms with E-state index in [2.05, 4.69) is 47.2 Å². The van der Waals surface area contributed by atoms with E-state index in [4.69, 9.17) is 14.1 Å². The smallest absolute Gasteiger partial charge is 0.259 e. The highest BCUT2D eigenvalue weighted by atomic mass is 16.5. The zero-order valence-corrected chi connectivity index (χ0v) is 19.4. The Morgan fingerprint density at radius 2 is 1.74 bits per heavy atom. The molecule has 0 fully saturated rings. The number of nitrogens with zero attached hydrogens (tertiary/aromatic N) is 1. The summed E-state index contributed by atoms with van der Waals surface area (Å²) in [5.74, 6) is 1.22. The van der Waals surface area contributed by atoms with Crippen molar-refractivity contribution in [2.24, 2.45) is 0 Å². The van der Waals surface area contributed by atoms with Crippen LogP contribution in [0.5, 0.6) is 5.75 Å². The van der Waals surface area contributed by atoms with E-state index in [0.717, 1.165) is 49.1 Å². The first-order valence-electron chi connectivity index (χ1n) is 11.5. The molecule has 0 amide bonds. The van der Waals surface area contributed by atoms with Crippen molar-refractivity contribution in [1.82, 2.24) is 15.0 Å². The first-order valence-corrected chi connectivity index (χ1v) is 11.5. The molecule has 3 heterocycles. The lowest BCUT2D eigenvalue weighted by Crippen LogP contribution is -2.09. The van der Waals surface area contributed by atoms with Gasteiger partial charge in [0, 0.05) is 22.2 Å². The van der Waals surface area contributed by atoms with Crippen LogP contribution in [0.4, 0.5) is 0 Å². The van der Waals surface area contributed by atoms with Gasteiger partial charge in [0.1, 0.15) is 17.2 Å². The monoisotopic (exact) mass is 459 g/mol. The molecule has 170 valence electrons. The molecule has 0 saturated heterocycles. The van der Waals surface area contributed by atoms with Crippen LogP contribution in [0.3, 0.4) is 0 Å². The molecule has 7 aromatic rings. The summed E-state index contributed by atoms with van der Waals surface area (Å²) in [7, 11) is 1.61. The van der Waals surface area contributed by atoms with E-state index in [-0.39, 0.29) is 5.56 Å². The second-order valence-electron chi connectivity index (χ2n) is 9.06. The summed E-state index contributed by atoms with van der Waals surface area (Å²) < 4.78 is 11.3. The van der Waals surface area contributed by atoms with E-state index < -0.39 is 0 Å². The summed E-state index contributed by atoms with van der Waals surface area (Å²) in [5.41, 5.74) is 5.73. The molecule has 0 unspecified atom stereocenters. The normalized spacial score (nSPS) is 12.0. The van der Waals surface area contributed by atoms with Crippen molar-refractivity contribution in [3.8, 4) is 17.1 Å². The Hall–Kier alpha value is -4.58. The third-order valence-corrected chi connectivity index (χ3v) is 7.00. The van der Waals surface area contributed by atoms with Gasteiger partial charge < -0.3 is 19.1 Å². The maximum Gasteiger partial charge on any atom is 0.259 e. The number of aromatic nitrogens is 3. The van der Waals surface area contributed by atoms with Crippen LogP contribution < -0.4 is 10.3 Å². The summed E-state index contributed by atoms with van der Waals surface area (Å²) >= 11 is 0. The number of aryl methyl sites for hydroxylation is 2. The number of fused-ring (bicyclic) bond motifs is 9. The van der Waals surface area contributed by atoms with Crippen LogP contribution in [0, 0.1) is 13.8 Å². The Labute approximate surface area is 199 Å². The number of H-pyrrole nitrogens is 2. The molecule has 0 bridgehead atoms. The maximum absolute atomic E-state index is 13.1. The molecule has 3 aromatic heterocycles. The van der Waals surface area contributed by atoms with Gasteiger partial charge in [0.05, 0.1) is 35.5 Å². The number of imidazole rings is 1. The lowest BCUT2D eigenvalue weighted by atomic mass is 9.96. The van der Waals surface area contributed by atoms with Gasteiger partial charge in [-0.3, -0.25) is 4.79 Å². The second-order valence-corrected chi connectivity index (χ2v) is 9.06. The van der Waals surface area contributed by atoms with Crippen molar-refractivity contribution in [2.75, 3.05) is 7.11 Å². The lowest BCUT2D eigenvalue weighted by molar-refractivity contribution is 0.415. The van der Waals surface area contributed by atoms with Crippen molar-refractivity contribution in [3.63, 3.8) is 0 Å². The van der Waals surface area contributed by atoms with E-state index in [1.54, 1.807) is 13.4 Å². The minimum atomic E-state index is -0.213. The number of hydrogen-bond donors (Lipinski definition) is 2. The third-order valence-electron chi connectivity index (χ3n) is 7.00. The molecule has 0 atom stereocenters. The summed E-state index contributed by atoms with van der Waals surface area (Å²) in [6, 6.07) is 18.1. The quantitative estimate of drug-likeness (QED) is 0.280. The fourth-order valence-electron chi connectivity index (χ4n) is 5.26.